The molecule has 0 radical (unpaired) electrons. The highest BCUT2D eigenvalue weighted by Gasteiger charge is 2.13. The molecule has 0 saturated carbocycles. The lowest BCUT2D eigenvalue weighted by Gasteiger charge is -2.04. The number of nitrogens with two attached hydrogens (primary N) is 1. The van der Waals surface area contributed by atoms with Gasteiger partial charge in [0.2, 0.25) is 5.28 Å². The average molecular weight is 271 g/mol. The number of hydrogen-bond acceptors (Lipinski definition) is 6. The van der Waals surface area contributed by atoms with Gasteiger partial charge in [-0.1, -0.05) is 0 Å². The van der Waals surface area contributed by atoms with Crippen molar-refractivity contribution in [3.63, 3.8) is 0 Å². The molecule has 0 unspecified atom stereocenters. The van der Waals surface area contributed by atoms with E-state index in [1.807, 2.05) is 13.8 Å². The molecule has 0 fully saturated rings. The molecular weight excluding hydrogens is 260 g/mol. The van der Waals surface area contributed by atoms with E-state index in [4.69, 9.17) is 21.8 Å². The van der Waals surface area contributed by atoms with E-state index in [1.165, 1.54) is 11.8 Å². The van der Waals surface area contributed by atoms with E-state index in [-0.39, 0.29) is 5.28 Å². The summed E-state index contributed by atoms with van der Waals surface area (Å²) in [4.78, 5) is 12.3. The van der Waals surface area contributed by atoms with Crippen molar-refractivity contribution < 1.29 is 4.42 Å². The molecule has 0 aliphatic carbocycles. The first-order chi connectivity index (χ1) is 7.97. The smallest absolute Gasteiger partial charge is 0.262 e. The first-order valence-corrected chi connectivity index (χ1v) is 6.08. The SMILES string of the molecule is Cc1nc(Sc2nc(Cl)nc(C)c2N)oc1C. The zero-order valence-electron chi connectivity index (χ0n) is 9.61. The summed E-state index contributed by atoms with van der Waals surface area (Å²) < 4.78 is 5.45. The van der Waals surface area contributed by atoms with Gasteiger partial charge in [-0.3, -0.25) is 0 Å². The lowest BCUT2D eigenvalue weighted by molar-refractivity contribution is 0.431. The number of hydrogen-bond donors (Lipinski definition) is 1. The van der Waals surface area contributed by atoms with Crippen molar-refractivity contribution >= 4 is 29.1 Å². The highest BCUT2D eigenvalue weighted by molar-refractivity contribution is 7.99. The molecule has 2 heterocycles. The van der Waals surface area contributed by atoms with Crippen molar-refractivity contribution in [1.29, 1.82) is 0 Å². The molecule has 2 N–H and O–H groups in total. The Balaban J connectivity index is 2.36. The van der Waals surface area contributed by atoms with Gasteiger partial charge in [-0.2, -0.15) is 0 Å². The Bertz CT molecular complexity index is 550. The monoisotopic (exact) mass is 270 g/mol. The Morgan fingerprint density at radius 1 is 1.12 bits per heavy atom. The van der Waals surface area contributed by atoms with Gasteiger partial charge >= 0.3 is 0 Å². The Hall–Kier alpha value is -1.27. The van der Waals surface area contributed by atoms with Gasteiger partial charge in [0, 0.05) is 0 Å². The number of anilines is 1. The van der Waals surface area contributed by atoms with Crippen LogP contribution >= 0.6 is 23.4 Å². The summed E-state index contributed by atoms with van der Waals surface area (Å²) in [6.45, 7) is 5.51. The summed E-state index contributed by atoms with van der Waals surface area (Å²) in [6.07, 6.45) is 0. The van der Waals surface area contributed by atoms with Crippen molar-refractivity contribution in [2.45, 2.75) is 31.0 Å². The predicted molar refractivity (Wildman–Crippen MR) is 66.3 cm³/mol. The standard InChI is InChI=1S/C10H11ClN4OS/c1-4-6(3)16-10(14-4)17-8-7(12)5(2)13-9(11)15-8/h12H2,1-3H3. The molecule has 17 heavy (non-hydrogen) atoms. The molecule has 0 saturated heterocycles. The number of nitrogen functional groups attached to an aromatic ring is 1. The number of aromatic nitrogens is 3. The van der Waals surface area contributed by atoms with Crippen LogP contribution in [0.5, 0.6) is 0 Å². The second kappa shape index (κ2) is 4.54. The van der Waals surface area contributed by atoms with Gasteiger partial charge in [0.25, 0.3) is 5.22 Å². The zero-order valence-corrected chi connectivity index (χ0v) is 11.2. The molecule has 0 atom stereocenters. The van der Waals surface area contributed by atoms with E-state index in [9.17, 15) is 0 Å². The van der Waals surface area contributed by atoms with Crippen LogP contribution in [-0.4, -0.2) is 15.0 Å². The largest absolute Gasteiger partial charge is 0.436 e. The molecule has 0 bridgehead atoms. The van der Waals surface area contributed by atoms with Crippen LogP contribution in [0.25, 0.3) is 0 Å². The minimum Gasteiger partial charge on any atom is -0.436 e. The summed E-state index contributed by atoms with van der Waals surface area (Å²) in [5.41, 5.74) is 7.86. The van der Waals surface area contributed by atoms with Crippen molar-refractivity contribution in [3.8, 4) is 0 Å². The van der Waals surface area contributed by atoms with E-state index in [0.29, 0.717) is 21.6 Å². The Kier molecular flexibility index (Phi) is 3.26. The highest BCUT2D eigenvalue weighted by atomic mass is 35.5. The van der Waals surface area contributed by atoms with Crippen LogP contribution in [0.3, 0.4) is 0 Å². The maximum atomic E-state index is 5.87. The van der Waals surface area contributed by atoms with Crippen LogP contribution < -0.4 is 5.73 Å². The Labute approximate surface area is 108 Å². The molecule has 0 aromatic carbocycles. The fraction of sp³-hybridized carbons (Fsp3) is 0.300. The number of rotatable bonds is 2. The van der Waals surface area contributed by atoms with E-state index in [0.717, 1.165) is 11.5 Å². The van der Waals surface area contributed by atoms with Gasteiger partial charge in [0.1, 0.15) is 10.8 Å². The van der Waals surface area contributed by atoms with E-state index in [1.54, 1.807) is 6.92 Å². The van der Waals surface area contributed by atoms with E-state index < -0.39 is 0 Å². The van der Waals surface area contributed by atoms with E-state index in [2.05, 4.69) is 15.0 Å². The van der Waals surface area contributed by atoms with Crippen LogP contribution in [0.2, 0.25) is 5.28 Å². The third-order valence-electron chi connectivity index (χ3n) is 2.27. The highest BCUT2D eigenvalue weighted by Crippen LogP contribution is 2.32. The van der Waals surface area contributed by atoms with Crippen LogP contribution in [0.15, 0.2) is 14.7 Å². The first kappa shape index (κ1) is 12.2. The third-order valence-corrected chi connectivity index (χ3v) is 3.29. The fourth-order valence-corrected chi connectivity index (χ4v) is 2.34. The quantitative estimate of drug-likeness (QED) is 0.668. The molecule has 2 aromatic rings. The van der Waals surface area contributed by atoms with Crippen LogP contribution in [0, 0.1) is 20.8 Å². The number of halogens is 1. The zero-order chi connectivity index (χ0) is 12.6. The molecular formula is C10H11ClN4OS. The topological polar surface area (TPSA) is 77.8 Å². The molecule has 5 nitrogen and oxygen atoms in total. The third kappa shape index (κ3) is 2.53. The molecule has 0 aliphatic heterocycles. The molecule has 2 rings (SSSR count). The molecule has 0 spiro atoms. The second-order valence-electron chi connectivity index (χ2n) is 3.52. The van der Waals surface area contributed by atoms with Crippen LogP contribution in [-0.2, 0) is 0 Å². The van der Waals surface area contributed by atoms with Crippen molar-refractivity contribution in [2.24, 2.45) is 0 Å². The Morgan fingerprint density at radius 3 is 2.41 bits per heavy atom. The lowest BCUT2D eigenvalue weighted by Crippen LogP contribution is -1.99. The molecule has 2 aromatic heterocycles. The predicted octanol–water partition coefficient (Wildman–Crippen LogP) is 2.78. The van der Waals surface area contributed by atoms with Gasteiger partial charge in [-0.05, 0) is 44.1 Å². The van der Waals surface area contributed by atoms with Gasteiger partial charge in [0.15, 0.2) is 0 Å². The maximum absolute atomic E-state index is 5.87. The van der Waals surface area contributed by atoms with Gasteiger partial charge in [0.05, 0.1) is 17.1 Å². The molecule has 7 heteroatoms. The van der Waals surface area contributed by atoms with Gasteiger partial charge < -0.3 is 10.2 Å². The minimum absolute atomic E-state index is 0.166. The van der Waals surface area contributed by atoms with Crippen molar-refractivity contribution in [2.75, 3.05) is 5.73 Å². The summed E-state index contributed by atoms with van der Waals surface area (Å²) in [5.74, 6) is 0.781. The van der Waals surface area contributed by atoms with Gasteiger partial charge in [-0.25, -0.2) is 15.0 Å². The lowest BCUT2D eigenvalue weighted by atomic mass is 10.4. The van der Waals surface area contributed by atoms with Crippen LogP contribution in [0.1, 0.15) is 17.1 Å². The summed E-state index contributed by atoms with van der Waals surface area (Å²) in [7, 11) is 0. The van der Waals surface area contributed by atoms with E-state index >= 15 is 0 Å². The minimum atomic E-state index is 0.166. The maximum Gasteiger partial charge on any atom is 0.262 e. The molecule has 0 amide bonds. The summed E-state index contributed by atoms with van der Waals surface area (Å²) >= 11 is 7.02. The summed E-state index contributed by atoms with van der Waals surface area (Å²) in [6, 6.07) is 0. The Morgan fingerprint density at radius 2 is 1.82 bits per heavy atom. The van der Waals surface area contributed by atoms with Crippen molar-refractivity contribution in [1.82, 2.24) is 15.0 Å². The second-order valence-corrected chi connectivity index (χ2v) is 4.80. The van der Waals surface area contributed by atoms with Gasteiger partial charge in [-0.15, -0.1) is 0 Å². The molecule has 0 aliphatic rings. The van der Waals surface area contributed by atoms with Crippen molar-refractivity contribution in [3.05, 3.63) is 22.4 Å². The normalized spacial score (nSPS) is 10.8. The average Bonchev–Trinajstić information content (AvgIpc) is 2.54. The van der Waals surface area contributed by atoms with Crippen LogP contribution in [0.4, 0.5) is 5.69 Å². The summed E-state index contributed by atoms with van der Waals surface area (Å²) in [5, 5.41) is 1.23. The fourth-order valence-electron chi connectivity index (χ4n) is 1.17. The number of aryl methyl sites for hydroxylation is 3. The molecule has 90 valence electrons. The number of oxazole rings is 1. The number of nitrogens with zero attached hydrogens (tertiary/aromatic N) is 3. The first-order valence-electron chi connectivity index (χ1n) is 4.89.